The molecule has 0 spiro atoms. The lowest BCUT2D eigenvalue weighted by Crippen LogP contribution is -2.21. The van der Waals surface area contributed by atoms with E-state index in [1.54, 1.807) is 12.2 Å². The van der Waals surface area contributed by atoms with Crippen LogP contribution >= 0.6 is 11.6 Å². The summed E-state index contributed by atoms with van der Waals surface area (Å²) < 4.78 is 0. The Kier molecular flexibility index (Phi) is 4.79. The Labute approximate surface area is 105 Å². The van der Waals surface area contributed by atoms with Crippen molar-refractivity contribution in [2.24, 2.45) is 0 Å². The van der Waals surface area contributed by atoms with Gasteiger partial charge in [-0.1, -0.05) is 23.8 Å². The first kappa shape index (κ1) is 13.3. The summed E-state index contributed by atoms with van der Waals surface area (Å²) in [6, 6.07) is 4.34. The summed E-state index contributed by atoms with van der Waals surface area (Å²) in [7, 11) is 0. The van der Waals surface area contributed by atoms with E-state index in [4.69, 9.17) is 11.6 Å². The Hall–Kier alpha value is -1.74. The second-order valence-corrected chi connectivity index (χ2v) is 3.80. The van der Waals surface area contributed by atoms with Crippen molar-refractivity contribution in [2.45, 2.75) is 13.8 Å². The number of phenols is 1. The number of amides is 1. The molecule has 0 aromatic heterocycles. The number of hydrogen-bond acceptors (Lipinski definition) is 2. The summed E-state index contributed by atoms with van der Waals surface area (Å²) in [4.78, 5) is 11.9. The number of carbonyl (C=O) groups excluding carboxylic acids is 1. The van der Waals surface area contributed by atoms with Crippen molar-refractivity contribution >= 4 is 17.5 Å². The maximum absolute atomic E-state index is 11.9. The summed E-state index contributed by atoms with van der Waals surface area (Å²) in [6.45, 7) is 3.67. The third kappa shape index (κ3) is 3.64. The van der Waals surface area contributed by atoms with Crippen molar-refractivity contribution in [3.05, 3.63) is 52.7 Å². The highest BCUT2D eigenvalue weighted by Gasteiger charge is 2.11. The highest BCUT2D eigenvalue weighted by atomic mass is 35.5. The lowest BCUT2D eigenvalue weighted by Gasteiger charge is -2.07. The molecule has 0 saturated carbocycles. The summed E-state index contributed by atoms with van der Waals surface area (Å²) >= 11 is 5.77. The zero-order chi connectivity index (χ0) is 12.8. The highest BCUT2D eigenvalue weighted by molar-refractivity contribution is 6.31. The number of nitrogens with one attached hydrogen (secondary N) is 1. The molecule has 3 nitrogen and oxygen atoms in total. The average molecular weight is 252 g/mol. The molecule has 90 valence electrons. The van der Waals surface area contributed by atoms with Gasteiger partial charge in [-0.25, -0.2) is 0 Å². The minimum absolute atomic E-state index is 0.0946. The molecule has 4 heteroatoms. The van der Waals surface area contributed by atoms with E-state index in [1.807, 2.05) is 19.9 Å². The number of allylic oxidation sites excluding steroid dienone is 3. The van der Waals surface area contributed by atoms with Gasteiger partial charge in [-0.3, -0.25) is 4.79 Å². The molecule has 0 fully saturated rings. The van der Waals surface area contributed by atoms with Gasteiger partial charge in [0.15, 0.2) is 0 Å². The van der Waals surface area contributed by atoms with Gasteiger partial charge in [0.05, 0.1) is 5.56 Å². The van der Waals surface area contributed by atoms with E-state index < -0.39 is 5.91 Å². The van der Waals surface area contributed by atoms with Crippen LogP contribution in [0.25, 0.3) is 0 Å². The predicted octanol–water partition coefficient (Wildman–Crippen LogP) is 3.26. The first-order chi connectivity index (χ1) is 8.08. The summed E-state index contributed by atoms with van der Waals surface area (Å²) in [5.41, 5.74) is 0.818. The molecule has 0 aliphatic carbocycles. The lowest BCUT2D eigenvalue weighted by molar-refractivity contribution is 0.0964. The normalized spacial score (nSPS) is 11.8. The molecular formula is C13H14ClNO2. The third-order valence-corrected chi connectivity index (χ3v) is 2.35. The summed E-state index contributed by atoms with van der Waals surface area (Å²) in [5, 5.41) is 12.6. The monoisotopic (exact) mass is 251 g/mol. The molecule has 1 amide bonds. The van der Waals surface area contributed by atoms with Crippen molar-refractivity contribution in [1.29, 1.82) is 0 Å². The second kappa shape index (κ2) is 6.11. The molecule has 0 aliphatic heterocycles. The van der Waals surface area contributed by atoms with Crippen LogP contribution in [0.3, 0.4) is 0 Å². The van der Waals surface area contributed by atoms with E-state index in [0.717, 1.165) is 0 Å². The Bertz CT molecular complexity index is 478. The van der Waals surface area contributed by atoms with Gasteiger partial charge in [-0.05, 0) is 38.1 Å². The molecule has 0 bridgehead atoms. The topological polar surface area (TPSA) is 49.3 Å². The van der Waals surface area contributed by atoms with Gasteiger partial charge < -0.3 is 10.4 Å². The van der Waals surface area contributed by atoms with Crippen LogP contribution in [0.4, 0.5) is 0 Å². The van der Waals surface area contributed by atoms with Gasteiger partial charge >= 0.3 is 0 Å². The summed E-state index contributed by atoms with van der Waals surface area (Å²) in [5.74, 6) is -0.487. The van der Waals surface area contributed by atoms with Gasteiger partial charge in [-0.2, -0.15) is 0 Å². The zero-order valence-electron chi connectivity index (χ0n) is 9.70. The van der Waals surface area contributed by atoms with Gasteiger partial charge in [0.2, 0.25) is 0 Å². The predicted molar refractivity (Wildman–Crippen MR) is 69.2 cm³/mol. The maximum atomic E-state index is 11.9. The molecule has 1 rings (SSSR count). The molecule has 0 unspecified atom stereocenters. The Morgan fingerprint density at radius 3 is 2.71 bits per heavy atom. The molecular weight excluding hydrogens is 238 g/mol. The van der Waals surface area contributed by atoms with Crippen molar-refractivity contribution in [3.8, 4) is 5.75 Å². The quantitative estimate of drug-likeness (QED) is 0.810. The van der Waals surface area contributed by atoms with E-state index >= 15 is 0 Å². The smallest absolute Gasteiger partial charge is 0.259 e. The van der Waals surface area contributed by atoms with E-state index in [9.17, 15) is 9.90 Å². The Balaban J connectivity index is 2.93. The van der Waals surface area contributed by atoms with Crippen molar-refractivity contribution in [1.82, 2.24) is 5.32 Å². The number of carbonyl (C=O) groups is 1. The van der Waals surface area contributed by atoms with Gasteiger partial charge in [-0.15, -0.1) is 0 Å². The van der Waals surface area contributed by atoms with Crippen molar-refractivity contribution < 1.29 is 9.90 Å². The molecule has 2 N–H and O–H groups in total. The molecule has 0 heterocycles. The van der Waals surface area contributed by atoms with E-state index in [-0.39, 0.29) is 11.3 Å². The van der Waals surface area contributed by atoms with Crippen LogP contribution in [0.5, 0.6) is 5.75 Å². The maximum Gasteiger partial charge on any atom is 0.259 e. The molecule has 17 heavy (non-hydrogen) atoms. The van der Waals surface area contributed by atoms with Crippen LogP contribution in [0.1, 0.15) is 24.2 Å². The van der Waals surface area contributed by atoms with E-state index in [0.29, 0.717) is 10.7 Å². The van der Waals surface area contributed by atoms with Gasteiger partial charge in [0.1, 0.15) is 5.75 Å². The Morgan fingerprint density at radius 1 is 1.41 bits per heavy atom. The summed E-state index contributed by atoms with van der Waals surface area (Å²) in [6.07, 6.45) is 5.34. The van der Waals surface area contributed by atoms with Crippen molar-refractivity contribution in [2.75, 3.05) is 0 Å². The van der Waals surface area contributed by atoms with Crippen LogP contribution in [-0.2, 0) is 0 Å². The fourth-order valence-electron chi connectivity index (χ4n) is 1.28. The van der Waals surface area contributed by atoms with Crippen LogP contribution < -0.4 is 5.32 Å². The number of hydrogen-bond donors (Lipinski definition) is 2. The van der Waals surface area contributed by atoms with Crippen molar-refractivity contribution in [3.63, 3.8) is 0 Å². The highest BCUT2D eigenvalue weighted by Crippen LogP contribution is 2.21. The van der Waals surface area contributed by atoms with Gasteiger partial charge in [0.25, 0.3) is 5.91 Å². The van der Waals surface area contributed by atoms with Crippen LogP contribution in [-0.4, -0.2) is 11.0 Å². The zero-order valence-corrected chi connectivity index (χ0v) is 10.5. The fourth-order valence-corrected chi connectivity index (χ4v) is 1.45. The Morgan fingerprint density at radius 2 is 2.12 bits per heavy atom. The first-order valence-electron chi connectivity index (χ1n) is 5.17. The largest absolute Gasteiger partial charge is 0.507 e. The molecule has 0 radical (unpaired) electrons. The van der Waals surface area contributed by atoms with Crippen LogP contribution in [0, 0.1) is 0 Å². The van der Waals surface area contributed by atoms with Crippen LogP contribution in [0.15, 0.2) is 42.1 Å². The number of phenolic OH excluding ortho intramolecular Hbond substituents is 1. The fraction of sp³-hybridized carbons (Fsp3) is 0.154. The SMILES string of the molecule is CC=CC(=CC)NC(=O)c1cc(Cl)ccc1O. The van der Waals surface area contributed by atoms with Gasteiger partial charge in [0, 0.05) is 10.7 Å². The molecule has 0 aliphatic rings. The van der Waals surface area contributed by atoms with Crippen LogP contribution in [0.2, 0.25) is 5.02 Å². The first-order valence-corrected chi connectivity index (χ1v) is 5.55. The standard InChI is InChI=1S/C13H14ClNO2/c1-3-5-10(4-2)15-13(17)11-8-9(14)6-7-12(11)16/h3-8,16H,1-2H3,(H,15,17). The molecule has 1 aromatic rings. The lowest BCUT2D eigenvalue weighted by atomic mass is 10.2. The minimum atomic E-state index is -0.392. The number of benzene rings is 1. The van der Waals surface area contributed by atoms with E-state index in [1.165, 1.54) is 18.2 Å². The number of aromatic hydroxyl groups is 1. The number of rotatable bonds is 3. The minimum Gasteiger partial charge on any atom is -0.507 e. The third-order valence-electron chi connectivity index (χ3n) is 2.12. The molecule has 1 aromatic carbocycles. The average Bonchev–Trinajstić information content (AvgIpc) is 2.31. The second-order valence-electron chi connectivity index (χ2n) is 3.36. The van der Waals surface area contributed by atoms with E-state index in [2.05, 4.69) is 5.32 Å². The number of halogens is 1. The molecule has 0 atom stereocenters. The molecule has 0 saturated heterocycles.